The molecular formula is C17H18N4O4. The van der Waals surface area contributed by atoms with Crippen LogP contribution in [-0.2, 0) is 9.53 Å². The molecule has 0 bridgehead atoms. The summed E-state index contributed by atoms with van der Waals surface area (Å²) in [5.41, 5.74) is -0.191. The molecule has 0 unspecified atom stereocenters. The number of amides is 2. The Morgan fingerprint density at radius 3 is 2.76 bits per heavy atom. The first-order valence-corrected chi connectivity index (χ1v) is 8.24. The van der Waals surface area contributed by atoms with Gasteiger partial charge in [0.05, 0.1) is 5.60 Å². The van der Waals surface area contributed by atoms with E-state index in [1.165, 1.54) is 10.6 Å². The second-order valence-corrected chi connectivity index (χ2v) is 6.45. The number of nitrogens with one attached hydrogen (secondary N) is 1. The lowest BCUT2D eigenvalue weighted by atomic mass is 9.89. The van der Waals surface area contributed by atoms with E-state index in [1.807, 2.05) is 0 Å². The largest absolute Gasteiger partial charge is 0.363 e. The van der Waals surface area contributed by atoms with Gasteiger partial charge in [0.2, 0.25) is 5.91 Å². The quantitative estimate of drug-likeness (QED) is 0.776. The Kier molecular flexibility index (Phi) is 3.76. The number of hydrogen-bond acceptors (Lipinski definition) is 5. The van der Waals surface area contributed by atoms with Crippen molar-refractivity contribution in [2.24, 2.45) is 0 Å². The molecule has 0 aliphatic carbocycles. The van der Waals surface area contributed by atoms with Crippen LogP contribution in [0.5, 0.6) is 0 Å². The minimum absolute atomic E-state index is 0.0594. The molecule has 8 nitrogen and oxygen atoms in total. The monoisotopic (exact) mass is 342 g/mol. The van der Waals surface area contributed by atoms with E-state index in [-0.39, 0.29) is 29.5 Å². The SMILES string of the molecule is O=C1COC2(CCN(C(=O)c3cnc4ccccn4c3=O)CC2)CN1. The van der Waals surface area contributed by atoms with Crippen LogP contribution in [0, 0.1) is 0 Å². The molecule has 4 heterocycles. The van der Waals surface area contributed by atoms with E-state index in [0.717, 1.165) is 0 Å². The van der Waals surface area contributed by atoms with Crippen LogP contribution in [0.25, 0.3) is 5.65 Å². The van der Waals surface area contributed by atoms with Crippen molar-refractivity contribution in [2.45, 2.75) is 18.4 Å². The molecule has 0 saturated carbocycles. The lowest BCUT2D eigenvalue weighted by Gasteiger charge is -2.43. The smallest absolute Gasteiger partial charge is 0.270 e. The van der Waals surface area contributed by atoms with Gasteiger partial charge in [-0.05, 0) is 25.0 Å². The molecule has 2 aliphatic heterocycles. The number of piperidine rings is 1. The number of likely N-dealkylation sites (tertiary alicyclic amines) is 1. The van der Waals surface area contributed by atoms with Gasteiger partial charge in [-0.2, -0.15) is 0 Å². The van der Waals surface area contributed by atoms with E-state index < -0.39 is 5.60 Å². The van der Waals surface area contributed by atoms with Gasteiger partial charge in [0, 0.05) is 32.0 Å². The molecule has 1 spiro atoms. The minimum atomic E-state index is -0.401. The van der Waals surface area contributed by atoms with Crippen LogP contribution in [-0.4, -0.2) is 57.9 Å². The molecular weight excluding hydrogens is 324 g/mol. The maximum Gasteiger partial charge on any atom is 0.270 e. The predicted octanol–water partition coefficient (Wildman–Crippen LogP) is -0.184. The molecule has 2 aromatic heterocycles. The summed E-state index contributed by atoms with van der Waals surface area (Å²) in [6.07, 6.45) is 4.20. The maximum atomic E-state index is 12.7. The van der Waals surface area contributed by atoms with Crippen molar-refractivity contribution >= 4 is 17.5 Å². The lowest BCUT2D eigenvalue weighted by molar-refractivity contribution is -0.149. The van der Waals surface area contributed by atoms with E-state index in [9.17, 15) is 14.4 Å². The molecule has 2 saturated heterocycles. The van der Waals surface area contributed by atoms with Gasteiger partial charge in [-0.15, -0.1) is 0 Å². The first kappa shape index (κ1) is 15.8. The fourth-order valence-corrected chi connectivity index (χ4v) is 3.36. The predicted molar refractivity (Wildman–Crippen MR) is 88.3 cm³/mol. The van der Waals surface area contributed by atoms with E-state index in [2.05, 4.69) is 10.3 Å². The van der Waals surface area contributed by atoms with Crippen LogP contribution in [0.15, 0.2) is 35.4 Å². The third-order valence-electron chi connectivity index (χ3n) is 4.92. The second kappa shape index (κ2) is 5.96. The van der Waals surface area contributed by atoms with Gasteiger partial charge in [-0.25, -0.2) is 4.98 Å². The van der Waals surface area contributed by atoms with Crippen LogP contribution >= 0.6 is 0 Å². The summed E-state index contributed by atoms with van der Waals surface area (Å²) in [6.45, 7) is 1.48. The molecule has 0 atom stereocenters. The van der Waals surface area contributed by atoms with E-state index in [1.54, 1.807) is 29.3 Å². The van der Waals surface area contributed by atoms with Crippen molar-refractivity contribution in [3.8, 4) is 0 Å². The third kappa shape index (κ3) is 2.78. The van der Waals surface area contributed by atoms with Crippen LogP contribution in [0.4, 0.5) is 0 Å². The highest BCUT2D eigenvalue weighted by Crippen LogP contribution is 2.28. The van der Waals surface area contributed by atoms with E-state index >= 15 is 0 Å². The zero-order chi connectivity index (χ0) is 17.4. The van der Waals surface area contributed by atoms with Gasteiger partial charge in [-0.1, -0.05) is 6.07 Å². The summed E-state index contributed by atoms with van der Waals surface area (Å²) in [5.74, 6) is -0.426. The van der Waals surface area contributed by atoms with Crippen molar-refractivity contribution in [1.82, 2.24) is 19.6 Å². The van der Waals surface area contributed by atoms with Crippen molar-refractivity contribution in [2.75, 3.05) is 26.2 Å². The van der Waals surface area contributed by atoms with Crippen LogP contribution in [0.2, 0.25) is 0 Å². The van der Waals surface area contributed by atoms with Gasteiger partial charge < -0.3 is 15.0 Å². The normalized spacial score (nSPS) is 19.8. The summed E-state index contributed by atoms with van der Waals surface area (Å²) in [4.78, 5) is 42.4. The highest BCUT2D eigenvalue weighted by molar-refractivity contribution is 5.93. The lowest BCUT2D eigenvalue weighted by Crippen LogP contribution is -2.58. The van der Waals surface area contributed by atoms with Gasteiger partial charge in [0.15, 0.2) is 0 Å². The van der Waals surface area contributed by atoms with Crippen LogP contribution in [0.3, 0.4) is 0 Å². The molecule has 130 valence electrons. The number of nitrogens with zero attached hydrogens (tertiary/aromatic N) is 3. The summed E-state index contributed by atoms with van der Waals surface area (Å²) < 4.78 is 7.08. The van der Waals surface area contributed by atoms with Crippen molar-refractivity contribution < 1.29 is 14.3 Å². The molecule has 2 aliphatic rings. The maximum absolute atomic E-state index is 12.7. The Labute approximate surface area is 143 Å². The number of hydrogen-bond donors (Lipinski definition) is 1. The molecule has 0 aromatic carbocycles. The highest BCUT2D eigenvalue weighted by atomic mass is 16.5. The topological polar surface area (TPSA) is 93.0 Å². The van der Waals surface area contributed by atoms with Gasteiger partial charge in [0.25, 0.3) is 11.5 Å². The van der Waals surface area contributed by atoms with E-state index in [4.69, 9.17) is 4.74 Å². The van der Waals surface area contributed by atoms with Crippen LogP contribution in [0.1, 0.15) is 23.2 Å². The molecule has 2 fully saturated rings. The Morgan fingerprint density at radius 1 is 1.24 bits per heavy atom. The molecule has 2 aromatic rings. The summed E-state index contributed by atoms with van der Waals surface area (Å²) >= 11 is 0. The summed E-state index contributed by atoms with van der Waals surface area (Å²) in [7, 11) is 0. The van der Waals surface area contributed by atoms with Gasteiger partial charge in [-0.3, -0.25) is 18.8 Å². The number of morpholine rings is 1. The summed E-state index contributed by atoms with van der Waals surface area (Å²) in [6, 6.07) is 5.23. The molecule has 25 heavy (non-hydrogen) atoms. The molecule has 1 N–H and O–H groups in total. The Bertz CT molecular complexity index is 887. The fourth-order valence-electron chi connectivity index (χ4n) is 3.36. The fraction of sp³-hybridized carbons (Fsp3) is 0.412. The van der Waals surface area contributed by atoms with Crippen LogP contribution < -0.4 is 10.9 Å². The minimum Gasteiger partial charge on any atom is -0.363 e. The molecule has 8 heteroatoms. The molecule has 0 radical (unpaired) electrons. The number of fused-ring (bicyclic) bond motifs is 1. The standard InChI is InChI=1S/C17H18N4O4/c22-14-10-25-17(11-19-14)4-7-20(8-5-17)15(23)12-9-18-13-3-1-2-6-21(13)16(12)24/h1-3,6,9H,4-5,7-8,10-11H2,(H,19,22). The Morgan fingerprint density at radius 2 is 2.04 bits per heavy atom. The van der Waals surface area contributed by atoms with Gasteiger partial charge >= 0.3 is 0 Å². The number of carbonyl (C=O) groups excluding carboxylic acids is 2. The summed E-state index contributed by atoms with van der Waals surface area (Å²) in [5, 5.41) is 2.82. The third-order valence-corrected chi connectivity index (χ3v) is 4.92. The van der Waals surface area contributed by atoms with Crippen molar-refractivity contribution in [3.05, 3.63) is 46.5 Å². The second-order valence-electron chi connectivity index (χ2n) is 6.45. The Balaban J connectivity index is 1.52. The first-order chi connectivity index (χ1) is 12.1. The average Bonchev–Trinajstić information content (AvgIpc) is 2.65. The van der Waals surface area contributed by atoms with Crippen molar-refractivity contribution in [1.29, 1.82) is 0 Å². The molecule has 4 rings (SSSR count). The first-order valence-electron chi connectivity index (χ1n) is 8.24. The zero-order valence-electron chi connectivity index (χ0n) is 13.6. The average molecular weight is 342 g/mol. The molecule has 2 amide bonds. The number of aromatic nitrogens is 2. The highest BCUT2D eigenvalue weighted by Gasteiger charge is 2.40. The number of pyridine rings is 1. The number of rotatable bonds is 1. The zero-order valence-corrected chi connectivity index (χ0v) is 13.6. The van der Waals surface area contributed by atoms with Gasteiger partial charge in [0.1, 0.15) is 17.8 Å². The number of ether oxygens (including phenoxy) is 1. The van der Waals surface area contributed by atoms with E-state index in [0.29, 0.717) is 38.1 Å². The Hall–Kier alpha value is -2.74. The van der Waals surface area contributed by atoms with Crippen molar-refractivity contribution in [3.63, 3.8) is 0 Å². The number of carbonyl (C=O) groups is 2.